The van der Waals surface area contributed by atoms with E-state index in [0.29, 0.717) is 31.1 Å². The molecule has 0 atom stereocenters. The Morgan fingerprint density at radius 2 is 1.86 bits per heavy atom. The van der Waals surface area contributed by atoms with Crippen molar-refractivity contribution in [2.45, 2.75) is 13.1 Å². The van der Waals surface area contributed by atoms with Gasteiger partial charge in [0.15, 0.2) is 0 Å². The number of hydrogen-bond donors (Lipinski definition) is 1. The van der Waals surface area contributed by atoms with E-state index in [1.165, 1.54) is 5.56 Å². The number of anilines is 1. The highest BCUT2D eigenvalue weighted by molar-refractivity contribution is 5.89. The van der Waals surface area contributed by atoms with Gasteiger partial charge in [-0.15, -0.1) is 0 Å². The van der Waals surface area contributed by atoms with Crippen molar-refractivity contribution in [3.05, 3.63) is 84.2 Å². The summed E-state index contributed by atoms with van der Waals surface area (Å²) in [6.45, 7) is 2.20. The Morgan fingerprint density at radius 1 is 1.03 bits per heavy atom. The number of benzene rings is 2. The molecule has 1 N–H and O–H groups in total. The smallest absolute Gasteiger partial charge is 0.322 e. The fraction of sp³-hybridized carbons (Fsp3) is 0.261. The molecule has 2 amide bonds. The fourth-order valence-electron chi connectivity index (χ4n) is 3.08. The number of carbonyl (C=O) groups is 1. The summed E-state index contributed by atoms with van der Waals surface area (Å²) in [5.41, 5.74) is 2.97. The van der Waals surface area contributed by atoms with Crippen molar-refractivity contribution in [1.29, 1.82) is 0 Å². The van der Waals surface area contributed by atoms with E-state index in [9.17, 15) is 4.79 Å². The van der Waals surface area contributed by atoms with E-state index in [0.717, 1.165) is 12.2 Å². The molecule has 6 heteroatoms. The van der Waals surface area contributed by atoms with Gasteiger partial charge in [0.1, 0.15) is 5.75 Å². The lowest BCUT2D eigenvalue weighted by Gasteiger charge is -2.24. The Kier molecular flexibility index (Phi) is 7.30. The van der Waals surface area contributed by atoms with Crippen LogP contribution in [0, 0.1) is 0 Å². The number of ether oxygens (including phenoxy) is 2. The number of hydrogen-bond acceptors (Lipinski definition) is 3. The summed E-state index contributed by atoms with van der Waals surface area (Å²) < 4.78 is 12.6. The zero-order valence-corrected chi connectivity index (χ0v) is 16.9. The Morgan fingerprint density at radius 3 is 2.62 bits per heavy atom. The molecule has 0 unspecified atom stereocenters. The van der Waals surface area contributed by atoms with Gasteiger partial charge in [0.25, 0.3) is 0 Å². The molecule has 152 valence electrons. The molecule has 0 aliphatic heterocycles. The van der Waals surface area contributed by atoms with Gasteiger partial charge in [0.05, 0.1) is 20.3 Å². The van der Waals surface area contributed by atoms with E-state index in [1.54, 1.807) is 25.2 Å². The number of urea groups is 1. The van der Waals surface area contributed by atoms with Crippen LogP contribution in [0.4, 0.5) is 10.5 Å². The molecule has 0 aliphatic carbocycles. The lowest BCUT2D eigenvalue weighted by Crippen LogP contribution is -2.37. The number of amides is 2. The first-order valence-electron chi connectivity index (χ1n) is 9.56. The molecular formula is C23H27N3O3. The quantitative estimate of drug-likeness (QED) is 0.592. The lowest BCUT2D eigenvalue weighted by molar-refractivity contribution is 0.152. The summed E-state index contributed by atoms with van der Waals surface area (Å²) in [7, 11) is 3.24. The highest BCUT2D eigenvalue weighted by atomic mass is 16.5. The van der Waals surface area contributed by atoms with Crippen LogP contribution in [0.5, 0.6) is 5.75 Å². The van der Waals surface area contributed by atoms with E-state index in [1.807, 2.05) is 54.7 Å². The molecule has 29 heavy (non-hydrogen) atoms. The lowest BCUT2D eigenvalue weighted by atomic mass is 10.2. The third kappa shape index (κ3) is 5.86. The van der Waals surface area contributed by atoms with Gasteiger partial charge >= 0.3 is 6.03 Å². The average Bonchev–Trinajstić information content (AvgIpc) is 3.18. The minimum atomic E-state index is -0.178. The van der Waals surface area contributed by atoms with Gasteiger partial charge in [0, 0.05) is 43.8 Å². The first kappa shape index (κ1) is 20.5. The summed E-state index contributed by atoms with van der Waals surface area (Å²) in [5, 5.41) is 2.95. The maximum absolute atomic E-state index is 12.9. The maximum atomic E-state index is 12.9. The maximum Gasteiger partial charge on any atom is 0.322 e. The molecule has 0 bridgehead atoms. The molecule has 3 rings (SSSR count). The Bertz CT molecular complexity index is 908. The molecule has 6 nitrogen and oxygen atoms in total. The van der Waals surface area contributed by atoms with Crippen molar-refractivity contribution in [2.24, 2.45) is 0 Å². The van der Waals surface area contributed by atoms with Crippen molar-refractivity contribution < 1.29 is 14.3 Å². The van der Waals surface area contributed by atoms with Gasteiger partial charge in [-0.05, 0) is 29.8 Å². The molecule has 0 saturated carbocycles. The number of aromatic nitrogens is 1. The molecule has 0 radical (unpaired) electrons. The molecular weight excluding hydrogens is 366 g/mol. The highest BCUT2D eigenvalue weighted by Crippen LogP contribution is 2.18. The molecule has 2 aromatic carbocycles. The molecule has 1 aromatic heterocycles. The van der Waals surface area contributed by atoms with Gasteiger partial charge in [-0.2, -0.15) is 0 Å². The molecule has 1 heterocycles. The second kappa shape index (κ2) is 10.3. The van der Waals surface area contributed by atoms with E-state index in [4.69, 9.17) is 9.47 Å². The van der Waals surface area contributed by atoms with Crippen LogP contribution in [-0.4, -0.2) is 42.9 Å². The summed E-state index contributed by atoms with van der Waals surface area (Å²) in [6.07, 6.45) is 2.04. The zero-order valence-electron chi connectivity index (χ0n) is 16.9. The SMILES string of the molecule is COCCN(Cc1cccn1Cc1ccccc1)C(=O)Nc1cccc(OC)c1. The predicted octanol–water partition coefficient (Wildman–Crippen LogP) is 4.23. The van der Waals surface area contributed by atoms with Gasteiger partial charge in [0.2, 0.25) is 0 Å². The van der Waals surface area contributed by atoms with Crippen LogP contribution in [0.15, 0.2) is 72.9 Å². The number of carbonyl (C=O) groups excluding carboxylic acids is 1. The summed E-state index contributed by atoms with van der Waals surface area (Å²) in [5.74, 6) is 0.697. The predicted molar refractivity (Wildman–Crippen MR) is 114 cm³/mol. The number of rotatable bonds is 9. The number of methoxy groups -OCH3 is 2. The van der Waals surface area contributed by atoms with Crippen LogP contribution in [0.2, 0.25) is 0 Å². The normalized spacial score (nSPS) is 10.6. The topological polar surface area (TPSA) is 55.7 Å². The van der Waals surface area contributed by atoms with Crippen LogP contribution in [0.1, 0.15) is 11.3 Å². The summed E-state index contributed by atoms with van der Waals surface area (Å²) in [6, 6.07) is 21.5. The minimum Gasteiger partial charge on any atom is -0.497 e. The minimum absolute atomic E-state index is 0.178. The largest absolute Gasteiger partial charge is 0.497 e. The van der Waals surface area contributed by atoms with E-state index < -0.39 is 0 Å². The fourth-order valence-corrected chi connectivity index (χ4v) is 3.08. The number of nitrogens with one attached hydrogen (secondary N) is 1. The van der Waals surface area contributed by atoms with E-state index >= 15 is 0 Å². The van der Waals surface area contributed by atoms with Crippen molar-refractivity contribution in [2.75, 3.05) is 32.7 Å². The second-order valence-electron chi connectivity index (χ2n) is 6.69. The number of nitrogens with zero attached hydrogens (tertiary/aromatic N) is 2. The van der Waals surface area contributed by atoms with Crippen LogP contribution in [0.25, 0.3) is 0 Å². The Balaban J connectivity index is 1.72. The highest BCUT2D eigenvalue weighted by Gasteiger charge is 2.16. The van der Waals surface area contributed by atoms with Gasteiger partial charge < -0.3 is 24.3 Å². The zero-order chi connectivity index (χ0) is 20.5. The standard InChI is InChI=1S/C23H27N3O3/c1-28-15-14-26(23(27)24-20-10-6-12-22(16-20)29-2)18-21-11-7-13-25(21)17-19-8-4-3-5-9-19/h3-13,16H,14-15,17-18H2,1-2H3,(H,24,27). The third-order valence-corrected chi connectivity index (χ3v) is 4.65. The monoisotopic (exact) mass is 393 g/mol. The van der Waals surface area contributed by atoms with Crippen LogP contribution >= 0.6 is 0 Å². The van der Waals surface area contributed by atoms with E-state index in [-0.39, 0.29) is 6.03 Å². The van der Waals surface area contributed by atoms with Crippen molar-refractivity contribution >= 4 is 11.7 Å². The Hall–Kier alpha value is -3.25. The Labute approximate surface area is 171 Å². The molecule has 0 spiro atoms. The van der Waals surface area contributed by atoms with Crippen molar-refractivity contribution in [1.82, 2.24) is 9.47 Å². The van der Waals surface area contributed by atoms with Gasteiger partial charge in [-0.3, -0.25) is 0 Å². The first-order chi connectivity index (χ1) is 14.2. The third-order valence-electron chi connectivity index (χ3n) is 4.65. The van der Waals surface area contributed by atoms with Crippen LogP contribution in [-0.2, 0) is 17.8 Å². The van der Waals surface area contributed by atoms with Gasteiger partial charge in [-0.1, -0.05) is 36.4 Å². The first-order valence-corrected chi connectivity index (χ1v) is 9.56. The van der Waals surface area contributed by atoms with Crippen LogP contribution < -0.4 is 10.1 Å². The molecule has 0 aliphatic rings. The summed E-state index contributed by atoms with van der Waals surface area (Å²) >= 11 is 0. The van der Waals surface area contributed by atoms with Gasteiger partial charge in [-0.25, -0.2) is 4.79 Å². The van der Waals surface area contributed by atoms with E-state index in [2.05, 4.69) is 22.0 Å². The van der Waals surface area contributed by atoms with Crippen molar-refractivity contribution in [3.63, 3.8) is 0 Å². The molecule has 3 aromatic rings. The van der Waals surface area contributed by atoms with Crippen molar-refractivity contribution in [3.8, 4) is 5.75 Å². The second-order valence-corrected chi connectivity index (χ2v) is 6.69. The summed E-state index contributed by atoms with van der Waals surface area (Å²) in [4.78, 5) is 14.7. The average molecular weight is 393 g/mol. The molecule has 0 fully saturated rings. The molecule has 0 saturated heterocycles. The van der Waals surface area contributed by atoms with Crippen LogP contribution in [0.3, 0.4) is 0 Å².